The molecule has 1 unspecified atom stereocenters. The lowest BCUT2D eigenvalue weighted by Crippen LogP contribution is -2.31. The molecule has 1 atom stereocenters. The summed E-state index contributed by atoms with van der Waals surface area (Å²) in [7, 11) is 0.920. The number of amides is 1. The molecule has 1 aromatic rings. The van der Waals surface area contributed by atoms with Crippen molar-refractivity contribution in [1.29, 1.82) is 0 Å². The summed E-state index contributed by atoms with van der Waals surface area (Å²) < 4.78 is 24.1. The van der Waals surface area contributed by atoms with Crippen LogP contribution < -0.4 is 9.04 Å². The number of anilines is 1. The number of nitrogens with zero attached hydrogens (tertiary/aromatic N) is 1. The lowest BCUT2D eigenvalue weighted by atomic mass is 10.3. The van der Waals surface area contributed by atoms with Gasteiger partial charge in [0.15, 0.2) is 10.0 Å². The second kappa shape index (κ2) is 9.74. The normalized spacial score (nSPS) is 12.0. The van der Waals surface area contributed by atoms with E-state index in [1.807, 2.05) is 19.9 Å². The summed E-state index contributed by atoms with van der Waals surface area (Å²) >= 11 is 0. The molecule has 5 nitrogen and oxygen atoms in total. The molecule has 1 rings (SSSR count). The number of benzene rings is 1. The number of unbranched alkanes of at least 4 members (excludes halogenated alkanes) is 1. The lowest BCUT2D eigenvalue weighted by molar-refractivity contribution is 0.182. The van der Waals surface area contributed by atoms with Crippen molar-refractivity contribution in [2.24, 2.45) is 0 Å². The first-order valence-electron chi connectivity index (χ1n) is 7.20. The van der Waals surface area contributed by atoms with E-state index in [0.29, 0.717) is 17.2 Å². The largest absolute Gasteiger partial charge is 0.489 e. The fourth-order valence-corrected chi connectivity index (χ4v) is 4.31. The number of carbonyl (C=O) groups excluding carboxylic acids is 1. The fourth-order valence-electron chi connectivity index (χ4n) is 1.63. The molecule has 0 saturated carbocycles. The van der Waals surface area contributed by atoms with Crippen LogP contribution in [0.4, 0.5) is 10.5 Å². The fraction of sp³-hybridized carbons (Fsp3) is 0.533. The highest BCUT2D eigenvalue weighted by atomic mass is 33.1. The summed E-state index contributed by atoms with van der Waals surface area (Å²) in [6.45, 7) is 5.85. The molecule has 124 valence electrons. The molecular formula is C15H23NO4S2. The Morgan fingerprint density at radius 1 is 1.36 bits per heavy atom. The Labute approximate surface area is 138 Å². The second-order valence-electron chi connectivity index (χ2n) is 4.79. The number of rotatable bonds is 8. The molecule has 1 aromatic carbocycles. The monoisotopic (exact) mass is 345 g/mol. The summed E-state index contributed by atoms with van der Waals surface area (Å²) in [6, 6.07) is 7.03. The van der Waals surface area contributed by atoms with Gasteiger partial charge in [-0.25, -0.2) is 9.00 Å². The van der Waals surface area contributed by atoms with Crippen LogP contribution in [0.15, 0.2) is 24.3 Å². The van der Waals surface area contributed by atoms with Gasteiger partial charge >= 0.3 is 6.09 Å². The predicted octanol–water partition coefficient (Wildman–Crippen LogP) is 4.16. The first-order chi connectivity index (χ1) is 10.5. The molecule has 0 aliphatic heterocycles. The van der Waals surface area contributed by atoms with E-state index in [-0.39, 0.29) is 6.10 Å². The molecule has 0 aliphatic carbocycles. The number of hydrogen-bond acceptors (Lipinski definition) is 5. The Hall–Kier alpha value is -1.21. The minimum Gasteiger partial charge on any atom is -0.489 e. The Morgan fingerprint density at radius 2 is 2.05 bits per heavy atom. The van der Waals surface area contributed by atoms with Gasteiger partial charge in [0.25, 0.3) is 0 Å². The molecule has 1 amide bonds. The van der Waals surface area contributed by atoms with E-state index in [1.54, 1.807) is 18.2 Å². The van der Waals surface area contributed by atoms with Gasteiger partial charge in [0.05, 0.1) is 13.2 Å². The number of para-hydroxylation sites is 2. The van der Waals surface area contributed by atoms with Gasteiger partial charge in [-0.05, 0) is 43.2 Å². The van der Waals surface area contributed by atoms with Crippen LogP contribution in [-0.4, -0.2) is 29.3 Å². The molecule has 0 saturated heterocycles. The van der Waals surface area contributed by atoms with Gasteiger partial charge < -0.3 is 9.47 Å². The molecule has 0 spiro atoms. The third-order valence-corrected chi connectivity index (χ3v) is 5.47. The minimum atomic E-state index is -1.57. The maximum absolute atomic E-state index is 12.5. The van der Waals surface area contributed by atoms with Crippen LogP contribution in [0.25, 0.3) is 0 Å². The zero-order valence-corrected chi connectivity index (χ0v) is 15.0. The van der Waals surface area contributed by atoms with Gasteiger partial charge in [-0.15, -0.1) is 0 Å². The molecule has 0 fully saturated rings. The Morgan fingerprint density at radius 3 is 2.64 bits per heavy atom. The van der Waals surface area contributed by atoms with Crippen molar-refractivity contribution >= 4 is 32.6 Å². The molecule has 7 heteroatoms. The van der Waals surface area contributed by atoms with Gasteiger partial charge in [-0.1, -0.05) is 25.5 Å². The van der Waals surface area contributed by atoms with Crippen LogP contribution in [0.3, 0.4) is 0 Å². The smallest absolute Gasteiger partial charge is 0.427 e. The predicted molar refractivity (Wildman–Crippen MR) is 92.6 cm³/mol. The molecule has 0 radical (unpaired) electrons. The van der Waals surface area contributed by atoms with Gasteiger partial charge in [0.2, 0.25) is 0 Å². The topological polar surface area (TPSA) is 55.8 Å². The molecule has 0 aliphatic rings. The summed E-state index contributed by atoms with van der Waals surface area (Å²) in [5, 5.41) is 0. The van der Waals surface area contributed by atoms with E-state index in [4.69, 9.17) is 9.47 Å². The van der Waals surface area contributed by atoms with Crippen LogP contribution in [0.5, 0.6) is 5.75 Å². The second-order valence-corrected chi connectivity index (χ2v) is 7.80. The average Bonchev–Trinajstić information content (AvgIpc) is 2.48. The molecule has 0 N–H and O–H groups in total. The van der Waals surface area contributed by atoms with Crippen molar-refractivity contribution in [1.82, 2.24) is 0 Å². The maximum atomic E-state index is 12.5. The number of ether oxygens (including phenoxy) is 2. The average molecular weight is 345 g/mol. The quantitative estimate of drug-likeness (QED) is 0.523. The third-order valence-electron chi connectivity index (χ3n) is 2.62. The van der Waals surface area contributed by atoms with Crippen LogP contribution in [0, 0.1) is 0 Å². The van der Waals surface area contributed by atoms with Crippen molar-refractivity contribution < 1.29 is 18.5 Å². The van der Waals surface area contributed by atoms with Crippen LogP contribution in [-0.2, 0) is 14.8 Å². The van der Waals surface area contributed by atoms with Gasteiger partial charge in [-0.2, -0.15) is 4.31 Å². The van der Waals surface area contributed by atoms with E-state index in [9.17, 15) is 9.00 Å². The summed E-state index contributed by atoms with van der Waals surface area (Å²) in [4.78, 5) is 12.1. The first-order valence-corrected chi connectivity index (χ1v) is 9.81. The Balaban J connectivity index is 3.06. The van der Waals surface area contributed by atoms with E-state index in [1.165, 1.54) is 17.9 Å². The highest BCUT2D eigenvalue weighted by Crippen LogP contribution is 2.33. The SMILES string of the molecule is CCCCSS(=O)N(C(=O)OC)c1ccccc1OC(C)C. The van der Waals surface area contributed by atoms with E-state index >= 15 is 0 Å². The molecule has 22 heavy (non-hydrogen) atoms. The number of carbonyl (C=O) groups is 1. The van der Waals surface area contributed by atoms with E-state index < -0.39 is 16.1 Å². The summed E-state index contributed by atoms with van der Waals surface area (Å²) in [5.41, 5.74) is 0.449. The van der Waals surface area contributed by atoms with Crippen molar-refractivity contribution in [2.75, 3.05) is 17.2 Å². The zero-order valence-electron chi connectivity index (χ0n) is 13.4. The number of methoxy groups -OCH3 is 1. The van der Waals surface area contributed by atoms with Gasteiger partial charge in [0.1, 0.15) is 11.4 Å². The highest BCUT2D eigenvalue weighted by Gasteiger charge is 2.26. The Bertz CT molecular complexity index is 508. The van der Waals surface area contributed by atoms with E-state index in [0.717, 1.165) is 17.1 Å². The van der Waals surface area contributed by atoms with Gasteiger partial charge in [0, 0.05) is 5.75 Å². The molecule has 0 aromatic heterocycles. The molecule has 0 bridgehead atoms. The van der Waals surface area contributed by atoms with Crippen molar-refractivity contribution in [3.8, 4) is 5.75 Å². The first kappa shape index (κ1) is 18.8. The van der Waals surface area contributed by atoms with Crippen molar-refractivity contribution in [2.45, 2.75) is 39.7 Å². The highest BCUT2D eigenvalue weighted by molar-refractivity contribution is 8.69. The van der Waals surface area contributed by atoms with Crippen LogP contribution >= 0.6 is 10.8 Å². The van der Waals surface area contributed by atoms with Crippen LogP contribution in [0.1, 0.15) is 33.6 Å². The lowest BCUT2D eigenvalue weighted by Gasteiger charge is -2.22. The minimum absolute atomic E-state index is 0.0539. The molecular weight excluding hydrogens is 322 g/mol. The summed E-state index contributed by atoms with van der Waals surface area (Å²) in [6.07, 6.45) is 1.23. The summed E-state index contributed by atoms with van der Waals surface area (Å²) in [5.74, 6) is 1.22. The Kier molecular flexibility index (Phi) is 8.34. The number of hydrogen-bond donors (Lipinski definition) is 0. The standard InChI is InChI=1S/C15H23NO4S2/c1-5-6-11-21-22(18)16(15(17)19-4)13-9-7-8-10-14(13)20-12(2)3/h7-10,12H,5-6,11H2,1-4H3. The maximum Gasteiger partial charge on any atom is 0.427 e. The van der Waals surface area contributed by atoms with E-state index in [2.05, 4.69) is 6.92 Å². The van der Waals surface area contributed by atoms with Crippen molar-refractivity contribution in [3.05, 3.63) is 24.3 Å². The zero-order chi connectivity index (χ0) is 16.5. The molecule has 0 heterocycles. The van der Waals surface area contributed by atoms with Crippen molar-refractivity contribution in [3.63, 3.8) is 0 Å². The third kappa shape index (κ3) is 5.53. The van der Waals surface area contributed by atoms with Crippen LogP contribution in [0.2, 0.25) is 0 Å². The van der Waals surface area contributed by atoms with Gasteiger partial charge in [-0.3, -0.25) is 0 Å².